The zero-order valence-corrected chi connectivity index (χ0v) is 16.6. The zero-order chi connectivity index (χ0) is 17.9. The number of guanidine groups is 1. The van der Waals surface area contributed by atoms with Crippen LogP contribution < -0.4 is 10.6 Å². The summed E-state index contributed by atoms with van der Waals surface area (Å²) in [6.07, 6.45) is 4.23. The van der Waals surface area contributed by atoms with E-state index in [0.717, 1.165) is 81.9 Å². The first-order valence-corrected chi connectivity index (χ1v) is 10.0. The lowest BCUT2D eigenvalue weighted by Gasteiger charge is -2.21. The van der Waals surface area contributed by atoms with E-state index in [1.165, 1.54) is 4.88 Å². The third-order valence-corrected chi connectivity index (χ3v) is 5.45. The van der Waals surface area contributed by atoms with Crippen molar-refractivity contribution in [2.24, 2.45) is 10.9 Å². The molecule has 1 aromatic rings. The minimum atomic E-state index is 0.676. The van der Waals surface area contributed by atoms with Gasteiger partial charge in [0.15, 0.2) is 5.96 Å². The van der Waals surface area contributed by atoms with Crippen LogP contribution in [-0.2, 0) is 15.9 Å². The van der Waals surface area contributed by atoms with E-state index in [4.69, 9.17) is 9.47 Å². The van der Waals surface area contributed by atoms with Crippen molar-refractivity contribution in [2.75, 3.05) is 46.6 Å². The standard InChI is InChI=1S/C18H32N4O2S/c1-14-17(25-15(2)22-14)5-9-21-18(19-3)20-8-4-10-24-13-16-6-11-23-12-7-16/h16H,4-13H2,1-3H3,(H2,19,20,21). The van der Waals surface area contributed by atoms with E-state index in [1.54, 1.807) is 18.4 Å². The highest BCUT2D eigenvalue weighted by molar-refractivity contribution is 7.11. The Morgan fingerprint density at radius 1 is 1.28 bits per heavy atom. The van der Waals surface area contributed by atoms with Gasteiger partial charge < -0.3 is 20.1 Å². The largest absolute Gasteiger partial charge is 0.381 e. The fourth-order valence-corrected chi connectivity index (χ4v) is 3.80. The maximum atomic E-state index is 5.78. The van der Waals surface area contributed by atoms with Gasteiger partial charge >= 0.3 is 0 Å². The van der Waals surface area contributed by atoms with Crippen LogP contribution in [-0.4, -0.2) is 57.5 Å². The molecule has 142 valence electrons. The number of aryl methyl sites for hydroxylation is 2. The van der Waals surface area contributed by atoms with Crippen molar-refractivity contribution >= 4 is 17.3 Å². The maximum absolute atomic E-state index is 5.78. The molecule has 0 amide bonds. The predicted molar refractivity (Wildman–Crippen MR) is 104 cm³/mol. The Bertz CT molecular complexity index is 527. The van der Waals surface area contributed by atoms with Crippen molar-refractivity contribution in [3.63, 3.8) is 0 Å². The van der Waals surface area contributed by atoms with Crippen molar-refractivity contribution in [3.8, 4) is 0 Å². The second kappa shape index (κ2) is 11.4. The first-order valence-electron chi connectivity index (χ1n) is 9.22. The first-order chi connectivity index (χ1) is 12.2. The van der Waals surface area contributed by atoms with Gasteiger partial charge in [-0.3, -0.25) is 4.99 Å². The lowest BCUT2D eigenvalue weighted by atomic mass is 10.0. The van der Waals surface area contributed by atoms with Crippen molar-refractivity contribution < 1.29 is 9.47 Å². The second-order valence-electron chi connectivity index (χ2n) is 6.40. The van der Waals surface area contributed by atoms with Gasteiger partial charge in [0.2, 0.25) is 0 Å². The third kappa shape index (κ3) is 7.71. The minimum absolute atomic E-state index is 0.676. The highest BCUT2D eigenvalue weighted by Crippen LogP contribution is 2.17. The second-order valence-corrected chi connectivity index (χ2v) is 7.69. The Morgan fingerprint density at radius 3 is 2.72 bits per heavy atom. The van der Waals surface area contributed by atoms with Crippen LogP contribution in [0.5, 0.6) is 0 Å². The van der Waals surface area contributed by atoms with E-state index < -0.39 is 0 Å². The molecule has 25 heavy (non-hydrogen) atoms. The van der Waals surface area contributed by atoms with E-state index in [1.807, 2.05) is 0 Å². The van der Waals surface area contributed by atoms with Crippen LogP contribution >= 0.6 is 11.3 Å². The van der Waals surface area contributed by atoms with Crippen LogP contribution in [0.1, 0.15) is 34.8 Å². The highest BCUT2D eigenvalue weighted by Gasteiger charge is 2.13. The molecular formula is C18H32N4O2S. The Hall–Kier alpha value is -1.18. The molecule has 0 spiro atoms. The van der Waals surface area contributed by atoms with Crippen molar-refractivity contribution in [1.29, 1.82) is 0 Å². The van der Waals surface area contributed by atoms with E-state index in [2.05, 4.69) is 34.5 Å². The topological polar surface area (TPSA) is 67.8 Å². The summed E-state index contributed by atoms with van der Waals surface area (Å²) >= 11 is 1.78. The number of hydrogen-bond donors (Lipinski definition) is 2. The zero-order valence-electron chi connectivity index (χ0n) is 15.8. The van der Waals surface area contributed by atoms with E-state index >= 15 is 0 Å². The van der Waals surface area contributed by atoms with Crippen LogP contribution in [0.15, 0.2) is 4.99 Å². The molecule has 1 saturated heterocycles. The molecule has 0 aromatic carbocycles. The lowest BCUT2D eigenvalue weighted by molar-refractivity contribution is 0.0203. The molecule has 0 atom stereocenters. The summed E-state index contributed by atoms with van der Waals surface area (Å²) in [6.45, 7) is 9.29. The van der Waals surface area contributed by atoms with Crippen molar-refractivity contribution in [2.45, 2.75) is 39.5 Å². The molecule has 0 bridgehead atoms. The monoisotopic (exact) mass is 368 g/mol. The number of nitrogens with zero attached hydrogens (tertiary/aromatic N) is 2. The third-order valence-electron chi connectivity index (χ3n) is 4.32. The van der Waals surface area contributed by atoms with Crippen molar-refractivity contribution in [3.05, 3.63) is 15.6 Å². The average Bonchev–Trinajstić information content (AvgIpc) is 2.94. The summed E-state index contributed by atoms with van der Waals surface area (Å²) in [4.78, 5) is 10.1. The van der Waals surface area contributed by atoms with Gasteiger partial charge in [0, 0.05) is 57.9 Å². The van der Waals surface area contributed by atoms with Gasteiger partial charge in [0.25, 0.3) is 0 Å². The minimum Gasteiger partial charge on any atom is -0.381 e. The van der Waals surface area contributed by atoms with Gasteiger partial charge in [-0.05, 0) is 39.0 Å². The summed E-state index contributed by atoms with van der Waals surface area (Å²) in [7, 11) is 1.80. The number of hydrogen-bond acceptors (Lipinski definition) is 5. The number of nitrogens with one attached hydrogen (secondary N) is 2. The number of aliphatic imine (C=N–C) groups is 1. The molecule has 7 heteroatoms. The van der Waals surface area contributed by atoms with Gasteiger partial charge in [-0.15, -0.1) is 11.3 Å². The Kier molecular flexibility index (Phi) is 9.21. The summed E-state index contributed by atoms with van der Waals surface area (Å²) in [5.41, 5.74) is 1.15. The number of rotatable bonds is 9. The molecule has 6 nitrogen and oxygen atoms in total. The summed E-state index contributed by atoms with van der Waals surface area (Å²) in [5, 5.41) is 7.84. The normalized spacial score (nSPS) is 16.2. The molecule has 2 heterocycles. The van der Waals surface area contributed by atoms with Crippen LogP contribution in [0.3, 0.4) is 0 Å². The van der Waals surface area contributed by atoms with Gasteiger partial charge in [0.05, 0.1) is 10.7 Å². The van der Waals surface area contributed by atoms with E-state index in [-0.39, 0.29) is 0 Å². The predicted octanol–water partition coefficient (Wildman–Crippen LogP) is 2.30. The summed E-state index contributed by atoms with van der Waals surface area (Å²) < 4.78 is 11.1. The molecule has 0 aliphatic carbocycles. The van der Waals surface area contributed by atoms with Gasteiger partial charge in [0.1, 0.15) is 0 Å². The molecule has 0 radical (unpaired) electrons. The van der Waals surface area contributed by atoms with Crippen molar-refractivity contribution in [1.82, 2.24) is 15.6 Å². The number of thiazole rings is 1. The fraction of sp³-hybridized carbons (Fsp3) is 0.778. The number of aromatic nitrogens is 1. The van der Waals surface area contributed by atoms with E-state index in [0.29, 0.717) is 5.92 Å². The molecule has 1 aromatic heterocycles. The molecule has 2 N–H and O–H groups in total. The molecule has 1 aliphatic heterocycles. The quantitative estimate of drug-likeness (QED) is 0.398. The maximum Gasteiger partial charge on any atom is 0.190 e. The molecule has 1 aliphatic rings. The van der Waals surface area contributed by atoms with Crippen LogP contribution in [0, 0.1) is 19.8 Å². The Balaban J connectivity index is 1.50. The first kappa shape index (κ1) is 20.1. The van der Waals surface area contributed by atoms with E-state index in [9.17, 15) is 0 Å². The molecule has 1 fully saturated rings. The molecular weight excluding hydrogens is 336 g/mol. The van der Waals surface area contributed by atoms with Crippen LogP contribution in [0.25, 0.3) is 0 Å². The highest BCUT2D eigenvalue weighted by atomic mass is 32.1. The van der Waals surface area contributed by atoms with Gasteiger partial charge in [-0.2, -0.15) is 0 Å². The smallest absolute Gasteiger partial charge is 0.190 e. The molecule has 0 unspecified atom stereocenters. The van der Waals surface area contributed by atoms with Crippen LogP contribution in [0.2, 0.25) is 0 Å². The summed E-state index contributed by atoms with van der Waals surface area (Å²) in [5.74, 6) is 1.53. The average molecular weight is 369 g/mol. The number of ether oxygens (including phenoxy) is 2. The summed E-state index contributed by atoms with van der Waals surface area (Å²) in [6, 6.07) is 0. The lowest BCUT2D eigenvalue weighted by Crippen LogP contribution is -2.39. The fourth-order valence-electron chi connectivity index (χ4n) is 2.86. The molecule has 2 rings (SSSR count). The van der Waals surface area contributed by atoms with Gasteiger partial charge in [-0.25, -0.2) is 4.98 Å². The molecule has 0 saturated carbocycles. The van der Waals surface area contributed by atoms with Gasteiger partial charge in [-0.1, -0.05) is 0 Å². The Morgan fingerprint density at radius 2 is 2.04 bits per heavy atom. The van der Waals surface area contributed by atoms with Crippen LogP contribution in [0.4, 0.5) is 0 Å². The Labute approximate surface area is 155 Å². The SMILES string of the molecule is CN=C(NCCCOCC1CCOCC1)NCCc1sc(C)nc1C.